The van der Waals surface area contributed by atoms with E-state index in [0.29, 0.717) is 13.2 Å². The van der Waals surface area contributed by atoms with Gasteiger partial charge in [0.05, 0.1) is 163 Å². The number of aromatic nitrogens is 16. The van der Waals surface area contributed by atoms with Crippen molar-refractivity contribution >= 4 is 55.1 Å². The number of nitrogens with zero attached hydrogens (tertiary/aromatic N) is 19. The molecule has 21 nitrogen and oxygen atoms in total. The van der Waals surface area contributed by atoms with Gasteiger partial charge in [-0.1, -0.05) is 57.0 Å². The van der Waals surface area contributed by atoms with Gasteiger partial charge in [0.1, 0.15) is 62.0 Å². The van der Waals surface area contributed by atoms with Crippen LogP contribution in [0.2, 0.25) is 0 Å². The van der Waals surface area contributed by atoms with E-state index >= 15 is 0 Å². The summed E-state index contributed by atoms with van der Waals surface area (Å²) < 4.78 is 29.0. The molecule has 0 bridgehead atoms. The topological polar surface area (TPSA) is 147 Å². The number of aliphatic hydroxyl groups is 2. The standard InChI is InChI=1S/C20H38N5.C11H22N3.2C9H16ClN2.C9H17N2O.C8H19BrN.C5H11BrO.C4H6N2.C3H3N2.7BrH.ClH.Na/c1-21-14-15-22(19-21)11-7-5-8-12-23-16-17-24(20-23)13-9-6-10-18-25(2,3)4;1-14(2,3)10-6-4-5-8-13-9-7-12-11-13;2*1-11-7-8-12(9-11)6-4-2-3-5-10;1-10-6-7-11(9-10)5-3-2-4-8-12;1-10(2,3)8-6-4-5-7-9;6-4-2-1-3-5-7;1-6-3-2-5-4-6;1-2-5-3-4-1;;;;;;;;;/h14-17,19-20H,5-13,18H2,1-4H3;7,9,11H,4-6,8,10H2,1-3H3;2*7-9H,2-6H2,1H3;6-7,9,12H,2-5,8H2,1H3;4-8H2,1-3H3;7H,1-5H2;2-4H,1H3;1-3H;8*1H;/q+3;5*+1;;;-1;;;;;;;;;+1/p-8. The fraction of sp³-hybridized carbons (Fsp3) is 0.692. The van der Waals surface area contributed by atoms with Crippen molar-refractivity contribution in [2.24, 2.45) is 35.2 Å². The normalized spacial score (nSPS) is 10.0. The molecule has 0 amide bonds. The van der Waals surface area contributed by atoms with E-state index in [1.54, 1.807) is 24.9 Å². The fourth-order valence-corrected chi connectivity index (χ4v) is 11.2. The summed E-state index contributed by atoms with van der Waals surface area (Å²) in [7, 11) is 30.4. The van der Waals surface area contributed by atoms with E-state index in [4.69, 9.17) is 33.4 Å². The van der Waals surface area contributed by atoms with Gasteiger partial charge in [-0.3, -0.25) is 0 Å². The molecule has 0 fully saturated rings. The van der Waals surface area contributed by atoms with Crippen molar-refractivity contribution < 1.29 is 207 Å². The van der Waals surface area contributed by atoms with Gasteiger partial charge in [0, 0.05) is 74.0 Å². The van der Waals surface area contributed by atoms with Gasteiger partial charge in [-0.2, -0.15) is 0 Å². The van der Waals surface area contributed by atoms with Crippen molar-refractivity contribution in [3.05, 3.63) is 150 Å². The first kappa shape index (κ1) is 132. The van der Waals surface area contributed by atoms with Gasteiger partial charge in [0.2, 0.25) is 31.6 Å². The Kier molecular flexibility index (Phi) is 106. The van der Waals surface area contributed by atoms with Crippen LogP contribution >= 0.6 is 55.1 Å². The Bertz CT molecular complexity index is 2890. The van der Waals surface area contributed by atoms with Crippen molar-refractivity contribution in [2.75, 3.05) is 119 Å². The molecule has 0 unspecified atom stereocenters. The van der Waals surface area contributed by atoms with Crippen molar-refractivity contribution in [3.8, 4) is 0 Å². The van der Waals surface area contributed by atoms with Gasteiger partial charge in [-0.05, 0) is 148 Å². The molecule has 0 aliphatic rings. The molecule has 0 atom stereocenters. The number of rotatable bonds is 42. The average Bonchev–Trinajstić information content (AvgIpc) is 1.78. The number of halogens is 12. The first-order valence-corrected chi connectivity index (χ1v) is 41.4. The number of quaternary nitrogens is 3. The molecule has 8 aromatic heterocycles. The number of alkyl halides is 4. The maximum atomic E-state index is 8.56. The zero-order chi connectivity index (χ0) is 76.5. The van der Waals surface area contributed by atoms with Crippen molar-refractivity contribution in [3.63, 3.8) is 0 Å². The van der Waals surface area contributed by atoms with E-state index in [9.17, 15) is 0 Å². The van der Waals surface area contributed by atoms with Gasteiger partial charge in [0.25, 0.3) is 0 Å². The van der Waals surface area contributed by atoms with Crippen LogP contribution in [0, 0.1) is 0 Å². The first-order valence-electron chi connectivity index (χ1n) is 38.1. The molecular weight excluding hydrogens is 2080 g/mol. The summed E-state index contributed by atoms with van der Waals surface area (Å²) in [5.41, 5.74) is 0. The van der Waals surface area contributed by atoms with E-state index in [2.05, 4.69) is 255 Å². The van der Waals surface area contributed by atoms with Crippen LogP contribution in [0.5, 0.6) is 0 Å². The third-order valence-electron chi connectivity index (χ3n) is 15.9. The van der Waals surface area contributed by atoms with Crippen LogP contribution in [0.4, 0.5) is 0 Å². The van der Waals surface area contributed by atoms with Crippen LogP contribution < -0.4 is 189 Å². The first-order chi connectivity index (χ1) is 49.3. The van der Waals surface area contributed by atoms with Gasteiger partial charge >= 0.3 is 29.6 Å². The maximum absolute atomic E-state index is 8.56. The van der Waals surface area contributed by atoms with E-state index in [1.807, 2.05) is 68.4 Å². The quantitative estimate of drug-likeness (QED) is 0.0128. The molecular formula is C78H148Br9Cl3N19NaO2. The Hall–Kier alpha value is -0.330. The molecule has 0 spiro atoms. The summed E-state index contributed by atoms with van der Waals surface area (Å²) in [5.74, 6) is 1.58. The van der Waals surface area contributed by atoms with E-state index in [1.165, 1.54) is 135 Å². The number of aliphatic hydroxyl groups excluding tert-OH is 2. The second-order valence-electron chi connectivity index (χ2n) is 29.6. The monoisotopic (exact) mass is 2220 g/mol. The number of unbranched alkanes of at least 4 members (excludes halogenated alkanes) is 16. The SMILES string of the molecule is C[N+](C)(C)CCCCCBr.C[N+](C)(C)CCCCCn1ccnc1.C[n+]1ccn(CCCCCCl)c1.C[n+]1ccn(CCCCCCl)c1.C[n+]1ccn(CCCCCO)c1.C[n+]1ccn(CCCCC[n+]2ccn(CCCCC[N+](C)(C)C)c2)c1.Cn1ccnc1.OCCCCCBr.[Br-].[Br-].[Br-].[Br-].[Br-].[Br-].[Br-].[Cl-].[Na+].c1c[n-]cn1. The number of hydrogen-bond donors (Lipinski definition) is 2. The zero-order valence-corrected chi connectivity index (χ0v) is 89.6. The summed E-state index contributed by atoms with van der Waals surface area (Å²) in [5, 5.41) is 19.1. The Balaban J connectivity index is -0.000000134. The minimum absolute atomic E-state index is 0. The van der Waals surface area contributed by atoms with E-state index in [-0.39, 0.29) is 161 Å². The molecule has 0 saturated heterocycles. The second kappa shape index (κ2) is 89.9. The van der Waals surface area contributed by atoms with E-state index in [0.717, 1.165) is 127 Å². The predicted octanol–water partition coefficient (Wildman–Crippen LogP) is -14.9. The van der Waals surface area contributed by atoms with Crippen LogP contribution in [0.3, 0.4) is 0 Å². The molecule has 652 valence electrons. The maximum Gasteiger partial charge on any atom is 1.00 e. The van der Waals surface area contributed by atoms with Gasteiger partial charge in [-0.15, -0.1) is 23.2 Å². The Morgan fingerprint density at radius 3 is 0.938 bits per heavy atom. The van der Waals surface area contributed by atoms with Gasteiger partial charge in [0.15, 0.2) is 0 Å². The predicted molar refractivity (Wildman–Crippen MR) is 433 cm³/mol. The van der Waals surface area contributed by atoms with Crippen molar-refractivity contribution in [2.45, 2.75) is 200 Å². The molecule has 34 heteroatoms. The molecule has 0 saturated carbocycles. The molecule has 8 rings (SSSR count). The third-order valence-corrected chi connectivity index (χ3v) is 17.5. The van der Waals surface area contributed by atoms with Crippen LogP contribution in [-0.2, 0) is 81.1 Å². The summed E-state index contributed by atoms with van der Waals surface area (Å²) in [6.45, 7) is 12.3. The second-order valence-corrected chi connectivity index (χ2v) is 32.0. The minimum atomic E-state index is 0. The average molecular weight is 2230 g/mol. The van der Waals surface area contributed by atoms with Gasteiger partial charge < -0.3 is 174 Å². The Morgan fingerprint density at radius 1 is 0.366 bits per heavy atom. The summed E-state index contributed by atoms with van der Waals surface area (Å²) >= 11 is 17.9. The van der Waals surface area contributed by atoms with Crippen molar-refractivity contribution in [1.29, 1.82) is 0 Å². The summed E-state index contributed by atoms with van der Waals surface area (Å²) in [6, 6.07) is 0. The molecule has 112 heavy (non-hydrogen) atoms. The molecule has 8 aromatic rings. The largest absolute Gasteiger partial charge is 1.00 e. The van der Waals surface area contributed by atoms with E-state index < -0.39 is 0 Å². The summed E-state index contributed by atoms with van der Waals surface area (Å²) in [4.78, 5) is 15.0. The molecule has 0 aliphatic heterocycles. The van der Waals surface area contributed by atoms with Crippen LogP contribution in [0.15, 0.2) is 150 Å². The Labute approximate surface area is 809 Å². The number of imidazole rings is 8. The smallest absolute Gasteiger partial charge is 1.00 e. The number of hydrogen-bond acceptors (Lipinski definition) is 5. The molecule has 0 radical (unpaired) electrons. The molecule has 0 aromatic carbocycles. The van der Waals surface area contributed by atoms with Gasteiger partial charge in [-0.25, -0.2) is 55.6 Å². The molecule has 8 heterocycles. The zero-order valence-electron chi connectivity index (χ0n) is 71.1. The third kappa shape index (κ3) is 92.0. The van der Waals surface area contributed by atoms with Crippen molar-refractivity contribution in [1.82, 2.24) is 51.9 Å². The number of aryl methyl sites for hydroxylation is 12. The molecule has 0 aliphatic carbocycles. The van der Waals surface area contributed by atoms with Crippen LogP contribution in [-0.4, -0.2) is 189 Å². The summed E-state index contributed by atoms with van der Waals surface area (Å²) in [6.07, 6.45) is 77.0. The fourth-order valence-electron chi connectivity index (χ4n) is 10.0. The Morgan fingerprint density at radius 2 is 0.679 bits per heavy atom. The molecule has 2 N–H and O–H groups in total. The van der Waals surface area contributed by atoms with Crippen LogP contribution in [0.1, 0.15) is 154 Å². The minimum Gasteiger partial charge on any atom is -1.00 e. The van der Waals surface area contributed by atoms with Crippen LogP contribution in [0.25, 0.3) is 0 Å².